The predicted molar refractivity (Wildman–Crippen MR) is 75.7 cm³/mol. The Kier molecular flexibility index (Phi) is 4.01. The molecule has 0 spiro atoms. The molecule has 3 aliphatic rings. The van der Waals surface area contributed by atoms with Gasteiger partial charge < -0.3 is 10.6 Å². The molecule has 0 aromatic rings. The summed E-state index contributed by atoms with van der Waals surface area (Å²) in [5.41, 5.74) is 0. The van der Waals surface area contributed by atoms with Gasteiger partial charge >= 0.3 is 0 Å². The Bertz CT molecular complexity index is 461. The number of hydrogen-bond donors (Lipinski definition) is 2. The van der Waals surface area contributed by atoms with Crippen molar-refractivity contribution in [1.29, 1.82) is 0 Å². The van der Waals surface area contributed by atoms with Crippen LogP contribution in [0.3, 0.4) is 0 Å². The first-order chi connectivity index (χ1) is 9.57. The van der Waals surface area contributed by atoms with E-state index < -0.39 is 10.0 Å². The van der Waals surface area contributed by atoms with E-state index in [9.17, 15) is 13.2 Å². The van der Waals surface area contributed by atoms with Crippen LogP contribution in [0.1, 0.15) is 38.5 Å². The van der Waals surface area contributed by atoms with Gasteiger partial charge in [0, 0.05) is 19.1 Å². The van der Waals surface area contributed by atoms with Gasteiger partial charge in [-0.1, -0.05) is 0 Å². The number of hydrogen-bond acceptors (Lipinski definition) is 4. The molecule has 0 aromatic heterocycles. The highest BCUT2D eigenvalue weighted by Gasteiger charge is 2.41. The summed E-state index contributed by atoms with van der Waals surface area (Å²) in [4.78, 5) is 12.0. The highest BCUT2D eigenvalue weighted by Crippen LogP contribution is 2.32. The third-order valence-corrected chi connectivity index (χ3v) is 6.88. The van der Waals surface area contributed by atoms with Crippen LogP contribution in [-0.4, -0.2) is 55.6 Å². The number of nitrogens with zero attached hydrogens (tertiary/aromatic N) is 1. The van der Waals surface area contributed by atoms with Crippen LogP contribution in [0.4, 0.5) is 0 Å². The molecular weight excluding hydrogens is 278 g/mol. The number of carbonyl (C=O) groups is 1. The first-order valence-electron chi connectivity index (χ1n) is 7.60. The van der Waals surface area contributed by atoms with Gasteiger partial charge in [0.2, 0.25) is 15.9 Å². The lowest BCUT2D eigenvalue weighted by molar-refractivity contribution is -0.123. The van der Waals surface area contributed by atoms with E-state index in [4.69, 9.17) is 0 Å². The predicted octanol–water partition coefficient (Wildman–Crippen LogP) is -0.189. The SMILES string of the molecule is O=C(NC1CCN(S(=O)(=O)C2CC2)CC1)C1CCCN1. The number of piperidine rings is 1. The molecule has 0 radical (unpaired) electrons. The van der Waals surface area contributed by atoms with E-state index in [-0.39, 0.29) is 23.2 Å². The standard InChI is InChI=1S/C13H23N3O3S/c17-13(12-2-1-7-14-12)15-10-5-8-16(9-6-10)20(18,19)11-3-4-11/h10-12,14H,1-9H2,(H,15,17). The van der Waals surface area contributed by atoms with E-state index in [1.807, 2.05) is 0 Å². The smallest absolute Gasteiger partial charge is 0.237 e. The van der Waals surface area contributed by atoms with Crippen LogP contribution in [0, 0.1) is 0 Å². The monoisotopic (exact) mass is 301 g/mol. The number of rotatable bonds is 4. The summed E-state index contributed by atoms with van der Waals surface area (Å²) in [5, 5.41) is 6.11. The maximum Gasteiger partial charge on any atom is 0.237 e. The average Bonchev–Trinajstić information content (AvgIpc) is 3.16. The lowest BCUT2D eigenvalue weighted by Gasteiger charge is -2.32. The maximum absolute atomic E-state index is 12.1. The summed E-state index contributed by atoms with van der Waals surface area (Å²) in [6.45, 7) is 2.00. The Hall–Kier alpha value is -0.660. The van der Waals surface area contributed by atoms with Gasteiger partial charge in [0.15, 0.2) is 0 Å². The molecule has 0 bridgehead atoms. The summed E-state index contributed by atoms with van der Waals surface area (Å²) in [7, 11) is -3.05. The van der Waals surface area contributed by atoms with Crippen molar-refractivity contribution in [2.75, 3.05) is 19.6 Å². The van der Waals surface area contributed by atoms with E-state index in [0.717, 1.165) is 45.1 Å². The first-order valence-corrected chi connectivity index (χ1v) is 9.10. The van der Waals surface area contributed by atoms with Gasteiger partial charge in [-0.15, -0.1) is 0 Å². The molecule has 7 heteroatoms. The van der Waals surface area contributed by atoms with E-state index in [2.05, 4.69) is 10.6 Å². The minimum Gasteiger partial charge on any atom is -0.352 e. The highest BCUT2D eigenvalue weighted by atomic mass is 32.2. The third-order valence-electron chi connectivity index (χ3n) is 4.48. The fourth-order valence-corrected chi connectivity index (χ4v) is 4.91. The zero-order valence-electron chi connectivity index (χ0n) is 11.7. The maximum atomic E-state index is 12.1. The summed E-state index contributed by atoms with van der Waals surface area (Å²) in [6.07, 6.45) is 5.03. The zero-order valence-corrected chi connectivity index (χ0v) is 12.5. The van der Waals surface area contributed by atoms with E-state index in [1.165, 1.54) is 0 Å². The molecule has 2 aliphatic heterocycles. The normalized spacial score (nSPS) is 29.5. The van der Waals surface area contributed by atoms with Crippen LogP contribution in [0.15, 0.2) is 0 Å². The highest BCUT2D eigenvalue weighted by molar-refractivity contribution is 7.90. The van der Waals surface area contributed by atoms with Gasteiger partial charge in [0.1, 0.15) is 0 Å². The lowest BCUT2D eigenvalue weighted by Crippen LogP contribution is -2.50. The van der Waals surface area contributed by atoms with Crippen LogP contribution < -0.4 is 10.6 Å². The van der Waals surface area contributed by atoms with Crippen molar-refractivity contribution in [1.82, 2.24) is 14.9 Å². The molecule has 0 aromatic carbocycles. The molecule has 2 N–H and O–H groups in total. The van der Waals surface area contributed by atoms with Gasteiger partial charge in [-0.05, 0) is 45.1 Å². The van der Waals surface area contributed by atoms with E-state index in [0.29, 0.717) is 13.1 Å². The second-order valence-electron chi connectivity index (χ2n) is 6.08. The minimum absolute atomic E-state index is 0.0526. The van der Waals surface area contributed by atoms with Crippen LogP contribution in [0.25, 0.3) is 0 Å². The molecule has 2 saturated heterocycles. The topological polar surface area (TPSA) is 78.5 Å². The fraction of sp³-hybridized carbons (Fsp3) is 0.923. The molecule has 1 amide bonds. The van der Waals surface area contributed by atoms with Crippen LogP contribution >= 0.6 is 0 Å². The van der Waals surface area contributed by atoms with Crippen molar-refractivity contribution in [2.24, 2.45) is 0 Å². The quantitative estimate of drug-likeness (QED) is 0.754. The van der Waals surface area contributed by atoms with Crippen LogP contribution in [0.5, 0.6) is 0 Å². The Morgan fingerprint density at radius 3 is 2.35 bits per heavy atom. The first kappa shape index (κ1) is 14.3. The lowest BCUT2D eigenvalue weighted by atomic mass is 10.1. The molecule has 20 heavy (non-hydrogen) atoms. The molecule has 1 aliphatic carbocycles. The van der Waals surface area contributed by atoms with Gasteiger partial charge in [-0.3, -0.25) is 4.79 Å². The molecule has 1 atom stereocenters. The van der Waals surface area contributed by atoms with E-state index >= 15 is 0 Å². The molecule has 3 rings (SSSR count). The van der Waals surface area contributed by atoms with E-state index in [1.54, 1.807) is 4.31 Å². The second-order valence-corrected chi connectivity index (χ2v) is 8.29. The van der Waals surface area contributed by atoms with Crippen LogP contribution in [0.2, 0.25) is 0 Å². The van der Waals surface area contributed by atoms with Gasteiger partial charge in [0.05, 0.1) is 11.3 Å². The Balaban J connectivity index is 1.47. The van der Waals surface area contributed by atoms with Crippen molar-refractivity contribution < 1.29 is 13.2 Å². The molecule has 2 heterocycles. The molecule has 1 unspecified atom stereocenters. The van der Waals surface area contributed by atoms with Crippen molar-refractivity contribution >= 4 is 15.9 Å². The molecule has 1 saturated carbocycles. The van der Waals surface area contributed by atoms with Crippen molar-refractivity contribution in [2.45, 2.75) is 55.9 Å². The van der Waals surface area contributed by atoms with Crippen LogP contribution in [-0.2, 0) is 14.8 Å². The van der Waals surface area contributed by atoms with Crippen molar-refractivity contribution in [3.63, 3.8) is 0 Å². The summed E-state index contributed by atoms with van der Waals surface area (Å²) in [5.74, 6) is 0.0750. The molecule has 6 nitrogen and oxygen atoms in total. The van der Waals surface area contributed by atoms with Crippen molar-refractivity contribution in [3.05, 3.63) is 0 Å². The summed E-state index contributed by atoms with van der Waals surface area (Å²) >= 11 is 0. The van der Waals surface area contributed by atoms with Crippen molar-refractivity contribution in [3.8, 4) is 0 Å². The zero-order chi connectivity index (χ0) is 14.2. The second kappa shape index (κ2) is 5.61. The van der Waals surface area contributed by atoms with Gasteiger partial charge in [-0.25, -0.2) is 12.7 Å². The largest absolute Gasteiger partial charge is 0.352 e. The number of nitrogens with one attached hydrogen (secondary N) is 2. The Morgan fingerprint density at radius 2 is 1.80 bits per heavy atom. The average molecular weight is 301 g/mol. The number of sulfonamides is 1. The van der Waals surface area contributed by atoms with Gasteiger partial charge in [0.25, 0.3) is 0 Å². The fourth-order valence-electron chi connectivity index (χ4n) is 3.04. The Morgan fingerprint density at radius 1 is 1.10 bits per heavy atom. The number of carbonyl (C=O) groups excluding carboxylic acids is 1. The number of amides is 1. The summed E-state index contributed by atoms with van der Waals surface area (Å²) in [6, 6.07) is 0.0683. The molecule has 3 fully saturated rings. The molecule has 114 valence electrons. The summed E-state index contributed by atoms with van der Waals surface area (Å²) < 4.78 is 25.8. The molecular formula is C13H23N3O3S. The van der Waals surface area contributed by atoms with Gasteiger partial charge in [-0.2, -0.15) is 0 Å². The third kappa shape index (κ3) is 2.99. The minimum atomic E-state index is -3.05. The Labute approximate surface area is 120 Å².